The molecule has 8 nitrogen and oxygen atoms in total. The van der Waals surface area contributed by atoms with Crippen LogP contribution < -0.4 is 16.6 Å². The number of amides is 1. The van der Waals surface area contributed by atoms with E-state index in [9.17, 15) is 14.4 Å². The fourth-order valence-electron chi connectivity index (χ4n) is 2.67. The maximum absolute atomic E-state index is 12.0. The third kappa shape index (κ3) is 4.03. The van der Waals surface area contributed by atoms with E-state index in [0.29, 0.717) is 17.4 Å². The van der Waals surface area contributed by atoms with Crippen LogP contribution in [0.25, 0.3) is 10.9 Å². The lowest BCUT2D eigenvalue weighted by molar-refractivity contribution is -0.121. The molecule has 25 heavy (non-hydrogen) atoms. The minimum Gasteiger partial charge on any atom is -0.356 e. The molecule has 0 bridgehead atoms. The molecule has 0 saturated carbocycles. The SMILES string of the molecule is O=C(CCn1c(=O)[nH]c(=O)c2ccccc21)NCCCn1ccnc1. The van der Waals surface area contributed by atoms with Crippen molar-refractivity contribution in [3.05, 3.63) is 63.8 Å². The topological polar surface area (TPSA) is 102 Å². The van der Waals surface area contributed by atoms with Gasteiger partial charge in [0.05, 0.1) is 17.2 Å². The van der Waals surface area contributed by atoms with E-state index in [-0.39, 0.29) is 18.9 Å². The lowest BCUT2D eigenvalue weighted by atomic mass is 10.2. The first-order valence-corrected chi connectivity index (χ1v) is 8.09. The van der Waals surface area contributed by atoms with Gasteiger partial charge < -0.3 is 9.88 Å². The molecule has 2 aromatic heterocycles. The molecule has 0 fully saturated rings. The number of aryl methyl sites for hydroxylation is 2. The van der Waals surface area contributed by atoms with Crippen LogP contribution >= 0.6 is 0 Å². The quantitative estimate of drug-likeness (QED) is 0.610. The number of carbonyl (C=O) groups is 1. The van der Waals surface area contributed by atoms with Gasteiger partial charge in [0.25, 0.3) is 5.56 Å². The van der Waals surface area contributed by atoms with Crippen molar-refractivity contribution < 1.29 is 4.79 Å². The summed E-state index contributed by atoms with van der Waals surface area (Å²) in [5.41, 5.74) is -0.387. The molecule has 3 rings (SSSR count). The summed E-state index contributed by atoms with van der Waals surface area (Å²) in [6, 6.07) is 6.85. The smallest absolute Gasteiger partial charge is 0.328 e. The normalized spacial score (nSPS) is 10.9. The summed E-state index contributed by atoms with van der Waals surface area (Å²) in [6.45, 7) is 1.55. The third-order valence-corrected chi connectivity index (χ3v) is 3.94. The van der Waals surface area contributed by atoms with E-state index in [1.165, 1.54) is 4.57 Å². The number of para-hydroxylation sites is 1. The van der Waals surface area contributed by atoms with Gasteiger partial charge in [0.1, 0.15) is 0 Å². The first-order chi connectivity index (χ1) is 12.1. The van der Waals surface area contributed by atoms with Crippen molar-refractivity contribution in [2.75, 3.05) is 6.54 Å². The van der Waals surface area contributed by atoms with Gasteiger partial charge in [0, 0.05) is 38.4 Å². The van der Waals surface area contributed by atoms with Crippen molar-refractivity contribution in [2.45, 2.75) is 25.9 Å². The molecule has 0 aliphatic rings. The summed E-state index contributed by atoms with van der Waals surface area (Å²) in [6.07, 6.45) is 6.28. The zero-order valence-corrected chi connectivity index (χ0v) is 13.6. The fraction of sp³-hybridized carbons (Fsp3) is 0.294. The number of benzene rings is 1. The average Bonchev–Trinajstić information content (AvgIpc) is 3.12. The number of H-pyrrole nitrogens is 1. The molecular weight excluding hydrogens is 322 g/mol. The summed E-state index contributed by atoms with van der Waals surface area (Å²) < 4.78 is 3.36. The summed E-state index contributed by atoms with van der Waals surface area (Å²) >= 11 is 0. The molecule has 3 aromatic rings. The Hall–Kier alpha value is -3.16. The largest absolute Gasteiger partial charge is 0.356 e. The van der Waals surface area contributed by atoms with Gasteiger partial charge in [-0.25, -0.2) is 9.78 Å². The Morgan fingerprint density at radius 1 is 1.20 bits per heavy atom. The standard InChI is InChI=1S/C17H19N5O3/c23-15(19-7-3-9-21-11-8-18-12-21)6-10-22-14-5-2-1-4-13(14)16(24)20-17(22)25/h1-2,4-5,8,11-12H,3,6-7,9-10H2,(H,19,23)(H,20,24,25). The van der Waals surface area contributed by atoms with E-state index in [2.05, 4.69) is 15.3 Å². The molecule has 0 saturated heterocycles. The average molecular weight is 341 g/mol. The Morgan fingerprint density at radius 2 is 2.04 bits per heavy atom. The summed E-state index contributed by atoms with van der Waals surface area (Å²) in [4.78, 5) is 42.0. The number of nitrogens with zero attached hydrogens (tertiary/aromatic N) is 3. The lowest BCUT2D eigenvalue weighted by Crippen LogP contribution is -2.32. The molecule has 0 spiro atoms. The molecule has 0 unspecified atom stereocenters. The van der Waals surface area contributed by atoms with Gasteiger partial charge in [-0.3, -0.25) is 19.1 Å². The molecule has 8 heteroatoms. The Labute approximate surface area is 143 Å². The van der Waals surface area contributed by atoms with Crippen LogP contribution in [0, 0.1) is 0 Å². The minimum atomic E-state index is -0.503. The highest BCUT2D eigenvalue weighted by molar-refractivity contribution is 5.78. The number of hydrogen-bond donors (Lipinski definition) is 2. The number of imidazole rings is 1. The molecule has 2 N–H and O–H groups in total. The minimum absolute atomic E-state index is 0.132. The monoisotopic (exact) mass is 341 g/mol. The maximum atomic E-state index is 12.0. The van der Waals surface area contributed by atoms with Crippen molar-refractivity contribution in [3.8, 4) is 0 Å². The van der Waals surface area contributed by atoms with Crippen molar-refractivity contribution in [1.82, 2.24) is 24.4 Å². The molecule has 0 aliphatic heterocycles. The van der Waals surface area contributed by atoms with Crippen molar-refractivity contribution in [2.24, 2.45) is 0 Å². The number of carbonyl (C=O) groups excluding carboxylic acids is 1. The Morgan fingerprint density at radius 3 is 2.84 bits per heavy atom. The van der Waals surface area contributed by atoms with Crippen LogP contribution in [0.15, 0.2) is 52.6 Å². The van der Waals surface area contributed by atoms with E-state index >= 15 is 0 Å². The Kier molecular flexibility index (Phi) is 5.08. The molecule has 0 aliphatic carbocycles. The van der Waals surface area contributed by atoms with Gasteiger partial charge in [-0.05, 0) is 18.6 Å². The molecule has 0 radical (unpaired) electrons. The van der Waals surface area contributed by atoms with Crippen LogP contribution in [0.2, 0.25) is 0 Å². The Bertz CT molecular complexity index is 972. The predicted molar refractivity (Wildman–Crippen MR) is 93.3 cm³/mol. The van der Waals surface area contributed by atoms with Crippen LogP contribution in [-0.2, 0) is 17.9 Å². The molecular formula is C17H19N5O3. The number of aromatic amines is 1. The molecule has 1 amide bonds. The van der Waals surface area contributed by atoms with Crippen molar-refractivity contribution in [1.29, 1.82) is 0 Å². The summed E-state index contributed by atoms with van der Waals surface area (Å²) in [5.74, 6) is -0.132. The highest BCUT2D eigenvalue weighted by Gasteiger charge is 2.08. The maximum Gasteiger partial charge on any atom is 0.328 e. The van der Waals surface area contributed by atoms with E-state index in [4.69, 9.17) is 0 Å². The fourth-order valence-corrected chi connectivity index (χ4v) is 2.67. The van der Waals surface area contributed by atoms with Crippen LogP contribution in [-0.4, -0.2) is 31.6 Å². The van der Waals surface area contributed by atoms with E-state index in [1.54, 1.807) is 36.8 Å². The number of rotatable bonds is 7. The number of nitrogens with one attached hydrogen (secondary N) is 2. The number of hydrogen-bond acceptors (Lipinski definition) is 4. The molecule has 130 valence electrons. The number of aromatic nitrogens is 4. The van der Waals surface area contributed by atoms with E-state index in [1.807, 2.05) is 10.8 Å². The van der Waals surface area contributed by atoms with Crippen molar-refractivity contribution in [3.63, 3.8) is 0 Å². The second-order valence-electron chi connectivity index (χ2n) is 5.68. The van der Waals surface area contributed by atoms with Crippen molar-refractivity contribution >= 4 is 16.8 Å². The highest BCUT2D eigenvalue weighted by Crippen LogP contribution is 2.07. The van der Waals surface area contributed by atoms with Gasteiger partial charge in [-0.1, -0.05) is 12.1 Å². The van der Waals surface area contributed by atoms with Crippen LogP contribution in [0.4, 0.5) is 0 Å². The predicted octanol–water partition coefficient (Wildman–Crippen LogP) is 0.483. The summed E-state index contributed by atoms with van der Waals surface area (Å²) in [7, 11) is 0. The first kappa shape index (κ1) is 16.7. The second kappa shape index (κ2) is 7.61. The lowest BCUT2D eigenvalue weighted by Gasteiger charge is -2.10. The second-order valence-corrected chi connectivity index (χ2v) is 5.68. The third-order valence-electron chi connectivity index (χ3n) is 3.94. The summed E-state index contributed by atoms with van der Waals surface area (Å²) in [5, 5.41) is 3.27. The molecule has 2 heterocycles. The van der Waals surface area contributed by atoms with Crippen LogP contribution in [0.5, 0.6) is 0 Å². The van der Waals surface area contributed by atoms with Gasteiger partial charge >= 0.3 is 5.69 Å². The zero-order chi connectivity index (χ0) is 17.6. The van der Waals surface area contributed by atoms with Gasteiger partial charge in [0.2, 0.25) is 5.91 Å². The highest BCUT2D eigenvalue weighted by atomic mass is 16.2. The van der Waals surface area contributed by atoms with E-state index in [0.717, 1.165) is 13.0 Å². The van der Waals surface area contributed by atoms with Gasteiger partial charge in [-0.2, -0.15) is 0 Å². The van der Waals surface area contributed by atoms with Gasteiger partial charge in [0.15, 0.2) is 0 Å². The Balaban J connectivity index is 1.56. The molecule has 1 aromatic carbocycles. The first-order valence-electron chi connectivity index (χ1n) is 8.09. The van der Waals surface area contributed by atoms with E-state index < -0.39 is 11.2 Å². The number of fused-ring (bicyclic) bond motifs is 1. The van der Waals surface area contributed by atoms with Gasteiger partial charge in [-0.15, -0.1) is 0 Å². The molecule has 0 atom stereocenters. The van der Waals surface area contributed by atoms with Crippen LogP contribution in [0.3, 0.4) is 0 Å². The van der Waals surface area contributed by atoms with Crippen LogP contribution in [0.1, 0.15) is 12.8 Å². The zero-order valence-electron chi connectivity index (χ0n) is 13.6.